The molecule has 1 aliphatic rings. The zero-order valence-corrected chi connectivity index (χ0v) is 8.42. The average Bonchev–Trinajstić information content (AvgIpc) is 2.43. The average molecular weight is 213 g/mol. The van der Waals surface area contributed by atoms with E-state index in [0.29, 0.717) is 17.0 Å². The predicted molar refractivity (Wildman–Crippen MR) is 53.5 cm³/mol. The van der Waals surface area contributed by atoms with E-state index in [1.807, 2.05) is 0 Å². The normalized spacial score (nSPS) is 16.6. The van der Waals surface area contributed by atoms with Crippen LogP contribution in [0.4, 0.5) is 0 Å². The fourth-order valence-corrected chi connectivity index (χ4v) is 2.12. The summed E-state index contributed by atoms with van der Waals surface area (Å²) in [5.41, 5.74) is -0.187. The van der Waals surface area contributed by atoms with E-state index in [-0.39, 0.29) is 5.69 Å². The lowest BCUT2D eigenvalue weighted by Gasteiger charge is -2.24. The highest BCUT2D eigenvalue weighted by atomic mass is 32.2. The van der Waals surface area contributed by atoms with Crippen molar-refractivity contribution in [3.8, 4) is 0 Å². The second-order valence-electron chi connectivity index (χ2n) is 2.99. The molecule has 0 bridgehead atoms. The molecule has 1 aromatic heterocycles. The van der Waals surface area contributed by atoms with Crippen LogP contribution in [0.5, 0.6) is 0 Å². The second kappa shape index (κ2) is 4.02. The minimum Gasteiger partial charge on any atom is -0.379 e. The van der Waals surface area contributed by atoms with Crippen molar-refractivity contribution in [2.75, 3.05) is 13.2 Å². The van der Waals surface area contributed by atoms with Crippen LogP contribution in [0.15, 0.2) is 22.6 Å². The van der Waals surface area contributed by atoms with Crippen LogP contribution in [-0.2, 0) is 11.3 Å². The number of rotatable bonds is 4. The molecule has 0 radical (unpaired) electrons. The summed E-state index contributed by atoms with van der Waals surface area (Å²) in [7, 11) is 0. The van der Waals surface area contributed by atoms with Gasteiger partial charge in [-0.15, -0.1) is 11.7 Å². The lowest BCUT2D eigenvalue weighted by atomic mass is 10.4. The molecule has 5 nitrogen and oxygen atoms in total. The van der Waals surface area contributed by atoms with Gasteiger partial charge in [-0.25, -0.2) is 9.89 Å². The van der Waals surface area contributed by atoms with Gasteiger partial charge in [0.15, 0.2) is 5.16 Å². The Morgan fingerprint density at radius 2 is 2.57 bits per heavy atom. The molecule has 14 heavy (non-hydrogen) atoms. The Morgan fingerprint density at radius 1 is 1.79 bits per heavy atom. The number of aromatic nitrogens is 3. The summed E-state index contributed by atoms with van der Waals surface area (Å²) in [5.74, 6) is 0. The van der Waals surface area contributed by atoms with Crippen LogP contribution in [0.25, 0.3) is 0 Å². The van der Waals surface area contributed by atoms with Crippen LogP contribution in [0.2, 0.25) is 0 Å². The van der Waals surface area contributed by atoms with E-state index >= 15 is 0 Å². The van der Waals surface area contributed by atoms with Gasteiger partial charge in [0, 0.05) is 6.54 Å². The fraction of sp³-hybridized carbons (Fsp3) is 0.500. The largest absolute Gasteiger partial charge is 0.379 e. The summed E-state index contributed by atoms with van der Waals surface area (Å²) in [6.45, 7) is 5.56. The van der Waals surface area contributed by atoms with Crippen LogP contribution < -0.4 is 5.69 Å². The van der Waals surface area contributed by atoms with E-state index in [9.17, 15) is 4.79 Å². The van der Waals surface area contributed by atoms with Gasteiger partial charge in [-0.05, 0) is 0 Å². The van der Waals surface area contributed by atoms with Gasteiger partial charge < -0.3 is 4.74 Å². The summed E-state index contributed by atoms with van der Waals surface area (Å²) in [6.07, 6.45) is 1.68. The molecule has 6 heteroatoms. The first-order valence-electron chi connectivity index (χ1n) is 4.31. The Kier molecular flexibility index (Phi) is 2.74. The van der Waals surface area contributed by atoms with Crippen molar-refractivity contribution in [2.45, 2.75) is 17.0 Å². The standard InChI is InChI=1S/C8H11N3O2S/c1-2-3-11-7(12)9-10-8(11)14-6-4-13-5-6/h2,6H,1,3-5H2,(H,9,12). The Balaban J connectivity index is 2.14. The highest BCUT2D eigenvalue weighted by molar-refractivity contribution is 7.99. The Labute approximate surface area is 85.2 Å². The number of nitrogens with one attached hydrogen (secondary N) is 1. The number of hydrogen-bond acceptors (Lipinski definition) is 4. The Bertz CT molecular complexity index is 380. The van der Waals surface area contributed by atoms with Gasteiger partial charge in [0.05, 0.1) is 18.5 Å². The summed E-state index contributed by atoms with van der Waals surface area (Å²) in [4.78, 5) is 11.3. The molecule has 0 aromatic carbocycles. The predicted octanol–water partition coefficient (Wildman–Crippen LogP) is 0.248. The number of ether oxygens (including phenoxy) is 1. The smallest absolute Gasteiger partial charge is 0.344 e. The number of H-pyrrole nitrogens is 1. The molecular weight excluding hydrogens is 202 g/mol. The molecule has 1 N–H and O–H groups in total. The highest BCUT2D eigenvalue weighted by Crippen LogP contribution is 2.25. The molecule has 0 saturated carbocycles. The lowest BCUT2D eigenvalue weighted by Crippen LogP contribution is -2.30. The number of thioether (sulfide) groups is 1. The van der Waals surface area contributed by atoms with E-state index in [0.717, 1.165) is 13.2 Å². The van der Waals surface area contributed by atoms with Crippen LogP contribution in [0, 0.1) is 0 Å². The van der Waals surface area contributed by atoms with Crippen molar-refractivity contribution in [1.29, 1.82) is 0 Å². The molecule has 0 atom stereocenters. The number of allylic oxidation sites excluding steroid dienone is 1. The van der Waals surface area contributed by atoms with E-state index in [4.69, 9.17) is 4.74 Å². The van der Waals surface area contributed by atoms with Crippen molar-refractivity contribution in [3.05, 3.63) is 23.1 Å². The third kappa shape index (κ3) is 1.76. The van der Waals surface area contributed by atoms with Crippen LogP contribution >= 0.6 is 11.8 Å². The maximum Gasteiger partial charge on any atom is 0.344 e. The van der Waals surface area contributed by atoms with Crippen LogP contribution in [-0.4, -0.2) is 33.2 Å². The molecule has 1 aliphatic heterocycles. The maximum atomic E-state index is 11.3. The monoisotopic (exact) mass is 213 g/mol. The Morgan fingerprint density at radius 3 is 3.14 bits per heavy atom. The molecule has 0 amide bonds. The third-order valence-corrected chi connectivity index (χ3v) is 3.04. The van der Waals surface area contributed by atoms with Crippen molar-refractivity contribution < 1.29 is 4.74 Å². The molecule has 1 saturated heterocycles. The quantitative estimate of drug-likeness (QED) is 0.728. The topological polar surface area (TPSA) is 59.9 Å². The zero-order chi connectivity index (χ0) is 9.97. The molecule has 76 valence electrons. The molecule has 1 aromatic rings. The minimum absolute atomic E-state index is 0.187. The summed E-state index contributed by atoms with van der Waals surface area (Å²) >= 11 is 1.57. The maximum absolute atomic E-state index is 11.3. The van der Waals surface area contributed by atoms with Crippen molar-refractivity contribution in [3.63, 3.8) is 0 Å². The van der Waals surface area contributed by atoms with E-state index < -0.39 is 0 Å². The summed E-state index contributed by atoms with van der Waals surface area (Å²) < 4.78 is 6.61. The lowest BCUT2D eigenvalue weighted by molar-refractivity contribution is 0.0453. The molecule has 0 spiro atoms. The van der Waals surface area contributed by atoms with Crippen LogP contribution in [0.1, 0.15) is 0 Å². The SMILES string of the molecule is C=CCn1c(SC2COC2)n[nH]c1=O. The van der Waals surface area contributed by atoms with Gasteiger partial charge in [-0.3, -0.25) is 4.57 Å². The highest BCUT2D eigenvalue weighted by Gasteiger charge is 2.22. The van der Waals surface area contributed by atoms with E-state index in [2.05, 4.69) is 16.8 Å². The van der Waals surface area contributed by atoms with E-state index in [1.54, 1.807) is 22.4 Å². The second-order valence-corrected chi connectivity index (χ2v) is 4.26. The van der Waals surface area contributed by atoms with Gasteiger partial charge >= 0.3 is 5.69 Å². The number of nitrogens with zero attached hydrogens (tertiary/aromatic N) is 2. The first-order chi connectivity index (χ1) is 6.81. The van der Waals surface area contributed by atoms with Gasteiger partial charge in [-0.1, -0.05) is 17.8 Å². The number of aromatic amines is 1. The number of hydrogen-bond donors (Lipinski definition) is 1. The van der Waals surface area contributed by atoms with Gasteiger partial charge in [0.1, 0.15) is 0 Å². The first-order valence-corrected chi connectivity index (χ1v) is 5.19. The molecule has 1 fully saturated rings. The van der Waals surface area contributed by atoms with Gasteiger partial charge in [-0.2, -0.15) is 0 Å². The molecule has 0 unspecified atom stereocenters. The molecule has 0 aliphatic carbocycles. The Hall–Kier alpha value is -1.01. The van der Waals surface area contributed by atoms with Gasteiger partial charge in [0.2, 0.25) is 0 Å². The van der Waals surface area contributed by atoms with Crippen LogP contribution in [0.3, 0.4) is 0 Å². The van der Waals surface area contributed by atoms with Crippen molar-refractivity contribution in [2.24, 2.45) is 0 Å². The molecular formula is C8H11N3O2S. The zero-order valence-electron chi connectivity index (χ0n) is 7.60. The van der Waals surface area contributed by atoms with Gasteiger partial charge in [0.25, 0.3) is 0 Å². The summed E-state index contributed by atoms with van der Waals surface area (Å²) in [5, 5.41) is 7.50. The first kappa shape index (κ1) is 9.54. The fourth-order valence-electron chi connectivity index (χ4n) is 1.11. The van der Waals surface area contributed by atoms with E-state index in [1.165, 1.54) is 0 Å². The molecule has 2 rings (SSSR count). The van der Waals surface area contributed by atoms with Crippen molar-refractivity contribution >= 4 is 11.8 Å². The minimum atomic E-state index is -0.187. The molecule has 2 heterocycles. The summed E-state index contributed by atoms with van der Waals surface area (Å²) in [6, 6.07) is 0. The third-order valence-electron chi connectivity index (χ3n) is 1.91. The van der Waals surface area contributed by atoms with Crippen molar-refractivity contribution in [1.82, 2.24) is 14.8 Å².